The van der Waals surface area contributed by atoms with Crippen LogP contribution in [0.5, 0.6) is 0 Å². The van der Waals surface area contributed by atoms with E-state index >= 15 is 0 Å². The molecule has 0 radical (unpaired) electrons. The third-order valence-corrected chi connectivity index (χ3v) is 4.56. The second-order valence-electron chi connectivity index (χ2n) is 5.87. The van der Waals surface area contributed by atoms with Gasteiger partial charge in [-0.05, 0) is 24.9 Å². The van der Waals surface area contributed by atoms with E-state index in [2.05, 4.69) is 20.5 Å². The number of furan rings is 1. The Labute approximate surface area is 126 Å². The van der Waals surface area contributed by atoms with Crippen LogP contribution < -0.4 is 10.6 Å². The molecule has 114 valence electrons. The monoisotopic (exact) mass is 300 g/mol. The maximum Gasteiger partial charge on any atom is 0.270 e. The number of amides is 2. The van der Waals surface area contributed by atoms with Crippen LogP contribution in [-0.4, -0.2) is 47.9 Å². The number of fused-ring (bicyclic) bond motifs is 3. The highest BCUT2D eigenvalue weighted by Gasteiger charge is 2.38. The summed E-state index contributed by atoms with van der Waals surface area (Å²) >= 11 is 0. The van der Waals surface area contributed by atoms with Crippen LogP contribution in [0.4, 0.5) is 5.69 Å². The zero-order valence-corrected chi connectivity index (χ0v) is 11.9. The Morgan fingerprint density at radius 2 is 2.36 bits per heavy atom. The Morgan fingerprint density at radius 3 is 3.09 bits per heavy atom. The molecule has 2 saturated heterocycles. The van der Waals surface area contributed by atoms with E-state index in [4.69, 9.17) is 4.42 Å². The van der Waals surface area contributed by atoms with Gasteiger partial charge in [0.05, 0.1) is 11.9 Å². The van der Waals surface area contributed by atoms with Crippen LogP contribution in [0.15, 0.2) is 22.9 Å². The molecule has 2 amide bonds. The van der Waals surface area contributed by atoms with Crippen molar-refractivity contribution >= 4 is 29.0 Å². The maximum atomic E-state index is 12.4. The van der Waals surface area contributed by atoms with Gasteiger partial charge >= 0.3 is 0 Å². The van der Waals surface area contributed by atoms with Gasteiger partial charge in [-0.3, -0.25) is 9.59 Å². The lowest BCUT2D eigenvalue weighted by Gasteiger charge is -2.22. The van der Waals surface area contributed by atoms with E-state index in [9.17, 15) is 9.59 Å². The quantitative estimate of drug-likeness (QED) is 0.817. The van der Waals surface area contributed by atoms with Gasteiger partial charge < -0.3 is 20.0 Å². The van der Waals surface area contributed by atoms with E-state index in [0.29, 0.717) is 34.7 Å². The van der Waals surface area contributed by atoms with E-state index in [0.717, 1.165) is 26.1 Å². The van der Waals surface area contributed by atoms with Gasteiger partial charge in [0, 0.05) is 24.5 Å². The Balaban J connectivity index is 1.56. The van der Waals surface area contributed by atoms with E-state index in [1.54, 1.807) is 6.07 Å². The third-order valence-electron chi connectivity index (χ3n) is 4.56. The van der Waals surface area contributed by atoms with Gasteiger partial charge in [0.1, 0.15) is 12.0 Å². The molecule has 0 spiro atoms. The molecule has 7 nitrogen and oxygen atoms in total. The molecule has 2 bridgehead atoms. The average Bonchev–Trinajstić information content (AvgIpc) is 3.23. The van der Waals surface area contributed by atoms with Gasteiger partial charge in [-0.25, -0.2) is 4.98 Å². The van der Waals surface area contributed by atoms with Crippen LogP contribution in [-0.2, 0) is 4.79 Å². The smallest absolute Gasteiger partial charge is 0.270 e. The number of carbonyl (C=O) groups is 2. The van der Waals surface area contributed by atoms with E-state index in [1.165, 1.54) is 12.5 Å². The Kier molecular flexibility index (Phi) is 3.07. The number of aromatic nitrogens is 1. The van der Waals surface area contributed by atoms with E-state index in [1.807, 2.05) is 0 Å². The fourth-order valence-corrected chi connectivity index (χ4v) is 3.42. The van der Waals surface area contributed by atoms with Crippen molar-refractivity contribution in [2.24, 2.45) is 5.92 Å². The maximum absolute atomic E-state index is 12.4. The molecule has 2 aromatic rings. The number of anilines is 1. The second-order valence-corrected chi connectivity index (χ2v) is 5.87. The van der Waals surface area contributed by atoms with Crippen molar-refractivity contribution < 1.29 is 14.0 Å². The molecule has 0 aromatic carbocycles. The summed E-state index contributed by atoms with van der Waals surface area (Å²) in [6.45, 7) is 3.13. The molecule has 7 heteroatoms. The van der Waals surface area contributed by atoms with Crippen molar-refractivity contribution in [1.82, 2.24) is 15.2 Å². The molecule has 3 atom stereocenters. The fourth-order valence-electron chi connectivity index (χ4n) is 3.42. The first kappa shape index (κ1) is 13.3. The van der Waals surface area contributed by atoms with Crippen LogP contribution in [0, 0.1) is 5.92 Å². The lowest BCUT2D eigenvalue weighted by Crippen LogP contribution is -2.43. The number of carbonyl (C=O) groups excluding carboxylic acids is 2. The molecule has 4 heterocycles. The molecule has 0 aliphatic carbocycles. The molecular weight excluding hydrogens is 284 g/mol. The summed E-state index contributed by atoms with van der Waals surface area (Å²) in [4.78, 5) is 29.5. The first-order valence-electron chi connectivity index (χ1n) is 7.35. The topological polar surface area (TPSA) is 87.5 Å². The zero-order valence-electron chi connectivity index (χ0n) is 11.9. The number of nitrogens with one attached hydrogen (secondary N) is 2. The van der Waals surface area contributed by atoms with Crippen molar-refractivity contribution in [3.8, 4) is 0 Å². The van der Waals surface area contributed by atoms with Crippen LogP contribution in [0.2, 0.25) is 0 Å². The standard InChI is InChI=1S/C15H16N4O3/c20-8-17-13-7-22-14-4-16-11(3-10(13)14)15(21)18-12-6-19-2-1-9(12)5-19/h3-4,7-9,12H,1-2,5-6H2,(H,17,20)(H,18,21). The number of piperidine rings is 1. The van der Waals surface area contributed by atoms with Crippen molar-refractivity contribution in [2.75, 3.05) is 25.0 Å². The summed E-state index contributed by atoms with van der Waals surface area (Å²) in [7, 11) is 0. The molecule has 2 fully saturated rings. The van der Waals surface area contributed by atoms with Crippen LogP contribution in [0.1, 0.15) is 16.9 Å². The molecule has 0 saturated carbocycles. The SMILES string of the molecule is O=CNc1coc2cnc(C(=O)NC3CN4CCC3C4)cc12. The highest BCUT2D eigenvalue weighted by atomic mass is 16.3. The minimum atomic E-state index is -0.182. The summed E-state index contributed by atoms with van der Waals surface area (Å²) in [6, 6.07) is 1.85. The molecule has 22 heavy (non-hydrogen) atoms. The fraction of sp³-hybridized carbons (Fsp3) is 0.400. The predicted octanol–water partition coefficient (Wildman–Crippen LogP) is 0.830. The van der Waals surface area contributed by atoms with Gasteiger partial charge in [0.2, 0.25) is 6.41 Å². The van der Waals surface area contributed by atoms with Crippen LogP contribution >= 0.6 is 0 Å². The summed E-state index contributed by atoms with van der Waals surface area (Å²) in [6.07, 6.45) is 4.66. The largest absolute Gasteiger partial charge is 0.460 e. The van der Waals surface area contributed by atoms with Gasteiger partial charge in [0.25, 0.3) is 5.91 Å². The molecule has 2 aromatic heterocycles. The normalized spacial score (nSPS) is 26.3. The summed E-state index contributed by atoms with van der Waals surface area (Å²) in [5.74, 6) is 0.368. The highest BCUT2D eigenvalue weighted by molar-refractivity contribution is 6.00. The summed E-state index contributed by atoms with van der Waals surface area (Å²) in [5.41, 5.74) is 1.40. The Morgan fingerprint density at radius 1 is 1.45 bits per heavy atom. The van der Waals surface area contributed by atoms with Gasteiger partial charge in [-0.2, -0.15) is 0 Å². The van der Waals surface area contributed by atoms with Crippen molar-refractivity contribution in [3.63, 3.8) is 0 Å². The summed E-state index contributed by atoms with van der Waals surface area (Å²) in [5, 5.41) is 6.29. The van der Waals surface area contributed by atoms with Gasteiger partial charge in [-0.15, -0.1) is 0 Å². The van der Waals surface area contributed by atoms with Crippen LogP contribution in [0.3, 0.4) is 0 Å². The Bertz CT molecular complexity index is 741. The molecule has 3 unspecified atom stereocenters. The molecule has 2 aliphatic heterocycles. The third kappa shape index (κ3) is 2.14. The van der Waals surface area contributed by atoms with Crippen molar-refractivity contribution in [1.29, 1.82) is 0 Å². The van der Waals surface area contributed by atoms with Crippen LogP contribution in [0.25, 0.3) is 11.0 Å². The first-order valence-corrected chi connectivity index (χ1v) is 7.35. The molecule has 2 aliphatic rings. The van der Waals surface area contributed by atoms with Crippen molar-refractivity contribution in [2.45, 2.75) is 12.5 Å². The minimum absolute atomic E-state index is 0.182. The molecule has 2 N–H and O–H groups in total. The summed E-state index contributed by atoms with van der Waals surface area (Å²) < 4.78 is 5.29. The highest BCUT2D eigenvalue weighted by Crippen LogP contribution is 2.28. The number of hydrogen-bond donors (Lipinski definition) is 2. The number of nitrogens with zero attached hydrogens (tertiary/aromatic N) is 2. The lowest BCUT2D eigenvalue weighted by atomic mass is 10.00. The average molecular weight is 300 g/mol. The van der Waals surface area contributed by atoms with Gasteiger partial charge in [0.15, 0.2) is 5.58 Å². The minimum Gasteiger partial charge on any atom is -0.460 e. The predicted molar refractivity (Wildman–Crippen MR) is 79.5 cm³/mol. The molecular formula is C15H16N4O3. The molecule has 4 rings (SSSR count). The van der Waals surface area contributed by atoms with E-state index in [-0.39, 0.29) is 11.9 Å². The Hall–Kier alpha value is -2.41. The van der Waals surface area contributed by atoms with Gasteiger partial charge in [-0.1, -0.05) is 0 Å². The number of rotatable bonds is 4. The zero-order chi connectivity index (χ0) is 15.1. The number of hydrogen-bond acceptors (Lipinski definition) is 5. The first-order chi connectivity index (χ1) is 10.7. The lowest BCUT2D eigenvalue weighted by molar-refractivity contribution is -0.105. The van der Waals surface area contributed by atoms with E-state index < -0.39 is 0 Å². The second kappa shape index (κ2) is 5.10. The van der Waals surface area contributed by atoms with Crippen molar-refractivity contribution in [3.05, 3.63) is 24.2 Å². The number of pyridine rings is 1.